The molecule has 0 atom stereocenters. The summed E-state index contributed by atoms with van der Waals surface area (Å²) in [5.41, 5.74) is 5.20. The van der Waals surface area contributed by atoms with Gasteiger partial charge in [0.2, 0.25) is 0 Å². The monoisotopic (exact) mass is 437 g/mol. The Morgan fingerprint density at radius 2 is 1.67 bits per heavy atom. The number of rotatable bonds is 10. The number of para-hydroxylation sites is 2. The summed E-state index contributed by atoms with van der Waals surface area (Å²) in [7, 11) is 0. The first kappa shape index (κ1) is 22.5. The lowest BCUT2D eigenvalue weighted by molar-refractivity contribution is 0.0952. The molecule has 4 nitrogen and oxygen atoms in total. The van der Waals surface area contributed by atoms with E-state index >= 15 is 0 Å². The number of allylic oxidation sites excluding steroid dienone is 1. The van der Waals surface area contributed by atoms with Crippen LogP contribution in [0.3, 0.4) is 0 Å². The number of aryl methyl sites for hydroxylation is 2. The van der Waals surface area contributed by atoms with Crippen LogP contribution in [0.25, 0.3) is 17.1 Å². The van der Waals surface area contributed by atoms with Crippen LogP contribution < -0.4 is 5.32 Å². The summed E-state index contributed by atoms with van der Waals surface area (Å²) in [6, 6.07) is 26.4. The van der Waals surface area contributed by atoms with E-state index in [-0.39, 0.29) is 5.91 Å². The third-order valence-corrected chi connectivity index (χ3v) is 5.88. The fourth-order valence-electron chi connectivity index (χ4n) is 4.09. The van der Waals surface area contributed by atoms with Crippen molar-refractivity contribution in [1.29, 1.82) is 0 Å². The van der Waals surface area contributed by atoms with Gasteiger partial charge >= 0.3 is 0 Å². The highest BCUT2D eigenvalue weighted by Gasteiger charge is 2.10. The predicted octanol–water partition coefficient (Wildman–Crippen LogP) is 6.20. The Hall–Kier alpha value is -3.66. The molecular weight excluding hydrogens is 406 g/mol. The van der Waals surface area contributed by atoms with Crippen molar-refractivity contribution < 1.29 is 4.79 Å². The minimum Gasteiger partial charge on any atom is -0.352 e. The van der Waals surface area contributed by atoms with E-state index in [0.717, 1.165) is 54.7 Å². The molecule has 168 valence electrons. The number of unbranched alkanes of at least 4 members (excludes halogenated alkanes) is 2. The molecule has 0 saturated carbocycles. The van der Waals surface area contributed by atoms with Gasteiger partial charge in [-0.15, -0.1) is 0 Å². The molecule has 0 spiro atoms. The fourth-order valence-corrected chi connectivity index (χ4v) is 4.09. The number of aromatic nitrogens is 2. The number of imidazole rings is 1. The van der Waals surface area contributed by atoms with Gasteiger partial charge in [0.1, 0.15) is 5.82 Å². The smallest absolute Gasteiger partial charge is 0.251 e. The molecule has 0 aliphatic rings. The second-order valence-corrected chi connectivity index (χ2v) is 8.32. The Morgan fingerprint density at radius 1 is 0.909 bits per heavy atom. The molecule has 1 heterocycles. The number of fused-ring (bicyclic) bond motifs is 1. The van der Waals surface area contributed by atoms with Crippen molar-refractivity contribution in [3.8, 4) is 0 Å². The molecule has 1 aromatic heterocycles. The standard InChI is InChI=1S/C29H31N3O/c1-23-13-7-8-17-25(23)29(33)30-21-11-3-6-20-28-31-26-18-9-10-19-27(26)32(28)22-12-16-24-14-4-2-5-15-24/h2,4-5,7-10,12-19H,3,6,11,20-22H2,1H3,(H,30,33)/b16-12+. The number of carbonyl (C=O) groups is 1. The van der Waals surface area contributed by atoms with Crippen molar-refractivity contribution in [3.05, 3.63) is 107 Å². The summed E-state index contributed by atoms with van der Waals surface area (Å²) >= 11 is 0. The van der Waals surface area contributed by atoms with Gasteiger partial charge in [0.05, 0.1) is 11.0 Å². The van der Waals surface area contributed by atoms with Crippen molar-refractivity contribution in [2.75, 3.05) is 6.54 Å². The second kappa shape index (κ2) is 11.3. The average molecular weight is 438 g/mol. The van der Waals surface area contributed by atoms with Gasteiger partial charge in [0, 0.05) is 25.1 Å². The number of carbonyl (C=O) groups excluding carboxylic acids is 1. The van der Waals surface area contributed by atoms with E-state index in [1.165, 1.54) is 11.1 Å². The predicted molar refractivity (Wildman–Crippen MR) is 136 cm³/mol. The molecule has 0 saturated heterocycles. The zero-order valence-electron chi connectivity index (χ0n) is 19.2. The van der Waals surface area contributed by atoms with Crippen LogP contribution in [0.2, 0.25) is 0 Å². The molecule has 0 unspecified atom stereocenters. The Bertz CT molecular complexity index is 1220. The van der Waals surface area contributed by atoms with E-state index in [2.05, 4.69) is 64.5 Å². The molecule has 1 amide bonds. The normalized spacial score (nSPS) is 11.3. The Morgan fingerprint density at radius 3 is 2.52 bits per heavy atom. The third-order valence-electron chi connectivity index (χ3n) is 5.88. The lowest BCUT2D eigenvalue weighted by atomic mass is 10.1. The lowest BCUT2D eigenvalue weighted by Crippen LogP contribution is -2.25. The molecule has 0 bridgehead atoms. The Balaban J connectivity index is 1.30. The van der Waals surface area contributed by atoms with Crippen LogP contribution in [0.4, 0.5) is 0 Å². The van der Waals surface area contributed by atoms with E-state index in [4.69, 9.17) is 4.98 Å². The van der Waals surface area contributed by atoms with Crippen LogP contribution in [0.5, 0.6) is 0 Å². The van der Waals surface area contributed by atoms with Crippen molar-refractivity contribution in [3.63, 3.8) is 0 Å². The number of hydrogen-bond acceptors (Lipinski definition) is 2. The minimum absolute atomic E-state index is 0.0140. The maximum Gasteiger partial charge on any atom is 0.251 e. The van der Waals surface area contributed by atoms with Crippen molar-refractivity contribution in [2.24, 2.45) is 0 Å². The van der Waals surface area contributed by atoms with Crippen LogP contribution in [-0.2, 0) is 13.0 Å². The maximum atomic E-state index is 12.3. The number of nitrogens with one attached hydrogen (secondary N) is 1. The van der Waals surface area contributed by atoms with Crippen molar-refractivity contribution >= 4 is 23.0 Å². The minimum atomic E-state index is 0.0140. The first-order valence-corrected chi connectivity index (χ1v) is 11.7. The van der Waals surface area contributed by atoms with Gasteiger partial charge in [-0.1, -0.05) is 79.2 Å². The SMILES string of the molecule is Cc1ccccc1C(=O)NCCCCCc1nc2ccccc2n1C/C=C/c1ccccc1. The van der Waals surface area contributed by atoms with Crippen LogP contribution in [-0.4, -0.2) is 22.0 Å². The van der Waals surface area contributed by atoms with Crippen molar-refractivity contribution in [1.82, 2.24) is 14.9 Å². The maximum absolute atomic E-state index is 12.3. The molecular formula is C29H31N3O. The van der Waals surface area contributed by atoms with Crippen LogP contribution in [0.1, 0.15) is 46.6 Å². The van der Waals surface area contributed by atoms with Crippen LogP contribution in [0, 0.1) is 6.92 Å². The van der Waals surface area contributed by atoms with Crippen LogP contribution >= 0.6 is 0 Å². The van der Waals surface area contributed by atoms with Gasteiger partial charge in [-0.3, -0.25) is 4.79 Å². The highest BCUT2D eigenvalue weighted by atomic mass is 16.1. The molecule has 0 aliphatic carbocycles. The summed E-state index contributed by atoms with van der Waals surface area (Å²) < 4.78 is 2.31. The van der Waals surface area contributed by atoms with Gasteiger partial charge in [0.15, 0.2) is 0 Å². The zero-order chi connectivity index (χ0) is 22.9. The molecule has 3 aromatic carbocycles. The van der Waals surface area contributed by atoms with Crippen molar-refractivity contribution in [2.45, 2.75) is 39.2 Å². The third kappa shape index (κ3) is 5.98. The summed E-state index contributed by atoms with van der Waals surface area (Å²) in [6.45, 7) is 3.47. The molecule has 1 N–H and O–H groups in total. The van der Waals surface area contributed by atoms with Gasteiger partial charge in [-0.05, 0) is 49.1 Å². The topological polar surface area (TPSA) is 46.9 Å². The largest absolute Gasteiger partial charge is 0.352 e. The molecule has 0 radical (unpaired) electrons. The van der Waals surface area contributed by atoms with E-state index in [0.29, 0.717) is 6.54 Å². The van der Waals surface area contributed by atoms with Gasteiger partial charge < -0.3 is 9.88 Å². The fraction of sp³-hybridized carbons (Fsp3) is 0.241. The Labute approximate surface area is 196 Å². The number of amides is 1. The number of benzene rings is 3. The summed E-state index contributed by atoms with van der Waals surface area (Å²) in [5.74, 6) is 1.14. The molecule has 4 rings (SSSR count). The zero-order valence-corrected chi connectivity index (χ0v) is 19.2. The number of nitrogens with zero attached hydrogens (tertiary/aromatic N) is 2. The van der Waals surface area contributed by atoms with Gasteiger partial charge in [-0.2, -0.15) is 0 Å². The first-order chi connectivity index (χ1) is 16.2. The molecule has 0 aliphatic heterocycles. The van der Waals surface area contributed by atoms with E-state index in [9.17, 15) is 4.79 Å². The highest BCUT2D eigenvalue weighted by molar-refractivity contribution is 5.95. The second-order valence-electron chi connectivity index (χ2n) is 8.32. The molecule has 4 aromatic rings. The Kier molecular flexibility index (Phi) is 7.70. The molecule has 0 fully saturated rings. The average Bonchev–Trinajstić information content (AvgIpc) is 3.19. The van der Waals surface area contributed by atoms with E-state index < -0.39 is 0 Å². The summed E-state index contributed by atoms with van der Waals surface area (Å²) in [5, 5.41) is 3.05. The first-order valence-electron chi connectivity index (χ1n) is 11.7. The van der Waals surface area contributed by atoms with E-state index in [1.807, 2.05) is 43.3 Å². The summed E-state index contributed by atoms with van der Waals surface area (Å²) in [6.07, 6.45) is 8.36. The highest BCUT2D eigenvalue weighted by Crippen LogP contribution is 2.18. The van der Waals surface area contributed by atoms with Crippen LogP contribution in [0.15, 0.2) is 84.9 Å². The van der Waals surface area contributed by atoms with Gasteiger partial charge in [0.25, 0.3) is 5.91 Å². The lowest BCUT2D eigenvalue weighted by Gasteiger charge is -2.08. The van der Waals surface area contributed by atoms with Gasteiger partial charge in [-0.25, -0.2) is 4.98 Å². The molecule has 4 heteroatoms. The number of hydrogen-bond donors (Lipinski definition) is 1. The quantitative estimate of drug-likeness (QED) is 0.300. The molecule has 33 heavy (non-hydrogen) atoms. The van der Waals surface area contributed by atoms with E-state index in [1.54, 1.807) is 0 Å². The summed E-state index contributed by atoms with van der Waals surface area (Å²) in [4.78, 5) is 17.2.